The van der Waals surface area contributed by atoms with Crippen molar-refractivity contribution in [3.05, 3.63) is 56.5 Å². The lowest BCUT2D eigenvalue weighted by molar-refractivity contribution is -0.116. The van der Waals surface area contributed by atoms with Gasteiger partial charge in [0.1, 0.15) is 0 Å². The molecule has 2 aromatic heterocycles. The molecule has 0 spiro atoms. The van der Waals surface area contributed by atoms with E-state index in [-0.39, 0.29) is 29.5 Å². The van der Waals surface area contributed by atoms with Crippen molar-refractivity contribution in [3.63, 3.8) is 0 Å². The topological polar surface area (TPSA) is 102 Å². The number of halogens is 2. The highest BCUT2D eigenvalue weighted by molar-refractivity contribution is 7.91. The second kappa shape index (κ2) is 9.04. The van der Waals surface area contributed by atoms with Crippen LogP contribution >= 0.6 is 34.5 Å². The van der Waals surface area contributed by atoms with Gasteiger partial charge in [0, 0.05) is 16.3 Å². The zero-order valence-corrected chi connectivity index (χ0v) is 17.5. The van der Waals surface area contributed by atoms with E-state index in [9.17, 15) is 13.2 Å². The maximum atomic E-state index is 12.2. The van der Waals surface area contributed by atoms with E-state index >= 15 is 0 Å². The number of benzene rings is 1. The predicted octanol–water partition coefficient (Wildman–Crippen LogP) is 4.22. The van der Waals surface area contributed by atoms with Crippen LogP contribution in [-0.2, 0) is 21.1 Å². The summed E-state index contributed by atoms with van der Waals surface area (Å²) in [6.07, 6.45) is 0.580. The summed E-state index contributed by atoms with van der Waals surface area (Å²) in [7, 11) is -3.47. The molecular formula is C17H15Cl2N3O4S2. The van der Waals surface area contributed by atoms with Crippen LogP contribution in [0.4, 0.5) is 6.01 Å². The fourth-order valence-electron chi connectivity index (χ4n) is 2.34. The van der Waals surface area contributed by atoms with Gasteiger partial charge in [-0.3, -0.25) is 10.1 Å². The van der Waals surface area contributed by atoms with Crippen LogP contribution in [-0.4, -0.2) is 30.3 Å². The molecule has 2 heterocycles. The van der Waals surface area contributed by atoms with Crippen LogP contribution < -0.4 is 5.32 Å². The van der Waals surface area contributed by atoms with E-state index in [1.54, 1.807) is 6.07 Å². The SMILES string of the molecule is O=C(CCCS(=O)(=O)c1ccc(Cl)cc1)Nc1nnc(Cc2ccc(Cl)s2)o1. The quantitative estimate of drug-likeness (QED) is 0.540. The van der Waals surface area contributed by atoms with Gasteiger partial charge >= 0.3 is 6.01 Å². The highest BCUT2D eigenvalue weighted by Gasteiger charge is 2.16. The van der Waals surface area contributed by atoms with Gasteiger partial charge in [0.25, 0.3) is 0 Å². The number of carbonyl (C=O) groups excluding carboxylic acids is 1. The van der Waals surface area contributed by atoms with E-state index in [0.29, 0.717) is 21.7 Å². The molecule has 3 rings (SSSR count). The Bertz CT molecular complexity index is 1060. The van der Waals surface area contributed by atoms with Gasteiger partial charge in [-0.05, 0) is 42.8 Å². The highest BCUT2D eigenvalue weighted by atomic mass is 35.5. The maximum Gasteiger partial charge on any atom is 0.322 e. The molecule has 11 heteroatoms. The van der Waals surface area contributed by atoms with Gasteiger partial charge in [0.05, 0.1) is 21.4 Å². The zero-order chi connectivity index (χ0) is 20.1. The van der Waals surface area contributed by atoms with Crippen molar-refractivity contribution >= 4 is 56.3 Å². The summed E-state index contributed by atoms with van der Waals surface area (Å²) in [6.45, 7) is 0. The molecular weight excluding hydrogens is 445 g/mol. The lowest BCUT2D eigenvalue weighted by Gasteiger charge is -2.04. The van der Waals surface area contributed by atoms with E-state index in [0.717, 1.165) is 4.88 Å². The average Bonchev–Trinajstić information content (AvgIpc) is 3.24. The third kappa shape index (κ3) is 5.78. The largest absolute Gasteiger partial charge is 0.407 e. The lowest BCUT2D eigenvalue weighted by Crippen LogP contribution is -2.14. The van der Waals surface area contributed by atoms with Crippen LogP contribution in [0.15, 0.2) is 45.7 Å². The van der Waals surface area contributed by atoms with Gasteiger partial charge < -0.3 is 4.42 Å². The fourth-order valence-corrected chi connectivity index (χ4v) is 4.85. The van der Waals surface area contributed by atoms with Crippen LogP contribution in [0, 0.1) is 0 Å². The molecule has 148 valence electrons. The molecule has 0 fully saturated rings. The summed E-state index contributed by atoms with van der Waals surface area (Å²) >= 11 is 13.0. The van der Waals surface area contributed by atoms with Crippen molar-refractivity contribution in [1.29, 1.82) is 0 Å². The molecule has 0 saturated heterocycles. The molecule has 0 atom stereocenters. The molecule has 0 bridgehead atoms. The summed E-state index contributed by atoms with van der Waals surface area (Å²) in [4.78, 5) is 13.1. The molecule has 3 aromatic rings. The average molecular weight is 460 g/mol. The number of rotatable bonds is 8. The standard InChI is InChI=1S/C17H15Cl2N3O4S2/c18-11-3-6-13(7-4-11)28(24,25)9-1-2-15(23)20-17-22-21-16(26-17)10-12-5-8-14(19)27-12/h3-8H,1-2,9-10H2,(H,20,22,23). The Morgan fingerprint density at radius 3 is 2.54 bits per heavy atom. The van der Waals surface area contributed by atoms with Crippen LogP contribution in [0.5, 0.6) is 0 Å². The van der Waals surface area contributed by atoms with Gasteiger partial charge in [-0.25, -0.2) is 8.42 Å². The molecule has 0 aliphatic carbocycles. The van der Waals surface area contributed by atoms with Gasteiger partial charge in [-0.15, -0.1) is 16.4 Å². The zero-order valence-electron chi connectivity index (χ0n) is 14.4. The Balaban J connectivity index is 1.47. The number of aromatic nitrogens is 2. The van der Waals surface area contributed by atoms with Gasteiger partial charge in [-0.1, -0.05) is 28.3 Å². The number of anilines is 1. The van der Waals surface area contributed by atoms with E-state index in [2.05, 4.69) is 15.5 Å². The number of carbonyl (C=O) groups is 1. The summed E-state index contributed by atoms with van der Waals surface area (Å²) in [5, 5.41) is 10.6. The molecule has 1 amide bonds. The van der Waals surface area contributed by atoms with Crippen molar-refractivity contribution in [2.45, 2.75) is 24.2 Å². The second-order valence-corrected chi connectivity index (χ2v) is 10.2. The monoisotopic (exact) mass is 459 g/mol. The molecule has 1 N–H and O–H groups in total. The van der Waals surface area contributed by atoms with E-state index < -0.39 is 15.7 Å². The maximum absolute atomic E-state index is 12.2. The first kappa shape index (κ1) is 20.8. The van der Waals surface area contributed by atoms with Crippen LogP contribution in [0.2, 0.25) is 9.36 Å². The van der Waals surface area contributed by atoms with Crippen molar-refractivity contribution in [3.8, 4) is 0 Å². The second-order valence-electron chi connectivity index (χ2n) is 5.81. The lowest BCUT2D eigenvalue weighted by atomic mass is 10.3. The van der Waals surface area contributed by atoms with Gasteiger partial charge in [-0.2, -0.15) is 0 Å². The first-order valence-corrected chi connectivity index (χ1v) is 11.4. The summed E-state index contributed by atoms with van der Waals surface area (Å²) in [5.74, 6) is -0.212. The molecule has 7 nitrogen and oxygen atoms in total. The van der Waals surface area contributed by atoms with Gasteiger partial charge in [0.15, 0.2) is 9.84 Å². The molecule has 28 heavy (non-hydrogen) atoms. The number of nitrogens with one attached hydrogen (secondary N) is 1. The minimum atomic E-state index is -3.47. The fraction of sp³-hybridized carbons (Fsp3) is 0.235. The Kier molecular flexibility index (Phi) is 6.71. The number of amides is 1. The minimum absolute atomic E-state index is 0.00503. The van der Waals surface area contributed by atoms with Crippen molar-refractivity contribution < 1.29 is 17.6 Å². The van der Waals surface area contributed by atoms with Crippen LogP contribution in [0.25, 0.3) is 0 Å². The third-order valence-electron chi connectivity index (χ3n) is 3.66. The first-order chi connectivity index (χ1) is 13.3. The van der Waals surface area contributed by atoms with Crippen molar-refractivity contribution in [2.75, 3.05) is 11.1 Å². The Morgan fingerprint density at radius 2 is 1.86 bits per heavy atom. The predicted molar refractivity (Wildman–Crippen MR) is 108 cm³/mol. The molecule has 0 radical (unpaired) electrons. The molecule has 0 aliphatic heterocycles. The normalized spacial score (nSPS) is 11.5. The van der Waals surface area contributed by atoms with Gasteiger partial charge in [0.2, 0.25) is 11.8 Å². The third-order valence-corrected chi connectivity index (χ3v) is 6.96. The highest BCUT2D eigenvalue weighted by Crippen LogP contribution is 2.24. The summed E-state index contributed by atoms with van der Waals surface area (Å²) in [6, 6.07) is 9.52. The Hall–Kier alpha value is -1.94. The number of thiophene rings is 1. The van der Waals surface area contributed by atoms with Crippen molar-refractivity contribution in [2.24, 2.45) is 0 Å². The molecule has 0 saturated carbocycles. The minimum Gasteiger partial charge on any atom is -0.407 e. The Labute approximate surface area is 175 Å². The molecule has 0 unspecified atom stereocenters. The smallest absolute Gasteiger partial charge is 0.322 e. The van der Waals surface area contributed by atoms with E-state index in [1.165, 1.54) is 35.6 Å². The number of sulfone groups is 1. The number of hydrogen-bond donors (Lipinski definition) is 1. The Morgan fingerprint density at radius 1 is 1.11 bits per heavy atom. The first-order valence-electron chi connectivity index (χ1n) is 8.16. The van der Waals surface area contributed by atoms with E-state index in [4.69, 9.17) is 27.6 Å². The molecule has 1 aromatic carbocycles. The van der Waals surface area contributed by atoms with Crippen LogP contribution in [0.3, 0.4) is 0 Å². The van der Waals surface area contributed by atoms with E-state index in [1.807, 2.05) is 6.07 Å². The number of hydrogen-bond acceptors (Lipinski definition) is 7. The van der Waals surface area contributed by atoms with Crippen molar-refractivity contribution in [1.82, 2.24) is 10.2 Å². The summed E-state index contributed by atoms with van der Waals surface area (Å²) < 4.78 is 30.5. The number of nitrogens with zero attached hydrogens (tertiary/aromatic N) is 2. The molecule has 0 aliphatic rings. The summed E-state index contributed by atoms with van der Waals surface area (Å²) in [5.41, 5.74) is 0. The van der Waals surface area contributed by atoms with Crippen LogP contribution in [0.1, 0.15) is 23.6 Å².